The highest BCUT2D eigenvalue weighted by atomic mass is 35.5. The van der Waals surface area contributed by atoms with Crippen LogP contribution in [0.3, 0.4) is 0 Å². The number of phenolic OH excluding ortho intramolecular Hbond substituents is 1. The average molecular weight is 354 g/mol. The molecule has 2 rings (SSSR count). The number of aromatic hydroxyl groups is 1. The number of nitrogens with zero attached hydrogens (tertiary/aromatic N) is 2. The van der Waals surface area contributed by atoms with Gasteiger partial charge in [-0.05, 0) is 30.9 Å². The van der Waals surface area contributed by atoms with Gasteiger partial charge < -0.3 is 26.0 Å². The second-order valence-corrected chi connectivity index (χ2v) is 6.27. The summed E-state index contributed by atoms with van der Waals surface area (Å²) in [6, 6.07) is 2.35. The maximum absolute atomic E-state index is 11.8. The highest BCUT2D eigenvalue weighted by Gasteiger charge is 2.31. The molecule has 130 valence electrons. The molecule has 0 spiro atoms. The van der Waals surface area contributed by atoms with Crippen LogP contribution in [0.1, 0.15) is 24.4 Å². The highest BCUT2D eigenvalue weighted by molar-refractivity contribution is 6.33. The van der Waals surface area contributed by atoms with E-state index in [9.17, 15) is 15.0 Å². The van der Waals surface area contributed by atoms with Crippen LogP contribution in [0.4, 0.5) is 5.69 Å². The fourth-order valence-corrected chi connectivity index (χ4v) is 3.15. The molecule has 1 saturated heterocycles. The second-order valence-electron chi connectivity index (χ2n) is 5.86. The van der Waals surface area contributed by atoms with E-state index in [1.807, 2.05) is 0 Å². The molecule has 1 aliphatic heterocycles. The van der Waals surface area contributed by atoms with E-state index in [1.54, 1.807) is 0 Å². The molecule has 8 heteroatoms. The molecule has 5 N–H and O–H groups in total. The zero-order chi connectivity index (χ0) is 17.9. The van der Waals surface area contributed by atoms with Gasteiger partial charge in [-0.15, -0.1) is 0 Å². The molecule has 1 aliphatic rings. The largest absolute Gasteiger partial charge is 0.509 e. The van der Waals surface area contributed by atoms with Crippen molar-refractivity contribution in [2.75, 3.05) is 19.7 Å². The first-order chi connectivity index (χ1) is 11.4. The molecule has 1 aromatic rings. The Bertz CT molecular complexity index is 653. The first-order valence-electron chi connectivity index (χ1n) is 7.62. The van der Waals surface area contributed by atoms with Crippen LogP contribution >= 0.6 is 11.6 Å². The van der Waals surface area contributed by atoms with Crippen LogP contribution in [0.5, 0.6) is 5.75 Å². The monoisotopic (exact) mass is 353 g/mol. The molecular formula is C16H20ClN3O4. The number of halogens is 1. The quantitative estimate of drug-likeness (QED) is 0.607. The van der Waals surface area contributed by atoms with Crippen molar-refractivity contribution in [2.45, 2.75) is 25.0 Å². The number of hydrogen-bond acceptors (Lipinski definition) is 5. The van der Waals surface area contributed by atoms with E-state index < -0.39 is 24.7 Å². The third-order valence-corrected chi connectivity index (χ3v) is 4.70. The number of aliphatic hydroxyl groups excluding tert-OH is 2. The summed E-state index contributed by atoms with van der Waals surface area (Å²) in [5.41, 5.74) is 6.90. The third-order valence-electron chi connectivity index (χ3n) is 4.39. The molecule has 1 amide bonds. The smallest absolute Gasteiger partial charge is 0.253 e. The Morgan fingerprint density at radius 1 is 1.46 bits per heavy atom. The summed E-state index contributed by atoms with van der Waals surface area (Å²) in [4.78, 5) is 16.6. The number of benzene rings is 1. The normalized spacial score (nSPS) is 18.0. The van der Waals surface area contributed by atoms with Crippen molar-refractivity contribution in [3.05, 3.63) is 34.1 Å². The Hall–Kier alpha value is -1.85. The number of nitrogens with two attached hydrogens (primary N) is 1. The minimum absolute atomic E-state index is 0.0288. The summed E-state index contributed by atoms with van der Waals surface area (Å²) in [5, 5.41) is 28.6. The lowest BCUT2D eigenvalue weighted by Crippen LogP contribution is -2.46. The Morgan fingerprint density at radius 3 is 2.62 bits per heavy atom. The van der Waals surface area contributed by atoms with E-state index in [0.717, 1.165) is 0 Å². The number of hydrogen-bond donors (Lipinski definition) is 4. The third kappa shape index (κ3) is 3.79. The number of carbonyl (C=O) groups is 1. The van der Waals surface area contributed by atoms with Crippen LogP contribution < -0.4 is 5.73 Å². The molecule has 1 fully saturated rings. The summed E-state index contributed by atoms with van der Waals surface area (Å²) in [5.74, 6) is -0.523. The lowest BCUT2D eigenvalue weighted by Gasteiger charge is -2.35. The number of piperidine rings is 1. The fraction of sp³-hybridized carbons (Fsp3) is 0.500. The van der Waals surface area contributed by atoms with E-state index in [0.29, 0.717) is 31.5 Å². The van der Waals surface area contributed by atoms with Gasteiger partial charge in [0.05, 0.1) is 13.2 Å². The number of phenols is 1. The minimum atomic E-state index is -1.39. The van der Waals surface area contributed by atoms with Gasteiger partial charge >= 0.3 is 0 Å². The number of rotatable bonds is 4. The summed E-state index contributed by atoms with van der Waals surface area (Å²) in [7, 11) is 0. The molecule has 1 heterocycles. The number of likely N-dealkylation sites (tertiary alicyclic amines) is 1. The zero-order valence-electron chi connectivity index (χ0n) is 13.0. The summed E-state index contributed by atoms with van der Waals surface area (Å²) in [6.07, 6.45) is -0.182. The van der Waals surface area contributed by atoms with Crippen LogP contribution in [0.15, 0.2) is 12.1 Å². The van der Waals surface area contributed by atoms with Crippen molar-refractivity contribution < 1.29 is 20.1 Å². The first-order valence-corrected chi connectivity index (χ1v) is 8.00. The van der Waals surface area contributed by atoms with Crippen molar-refractivity contribution in [2.24, 2.45) is 11.7 Å². The Morgan fingerprint density at radius 2 is 2.08 bits per heavy atom. The number of amides is 1. The van der Waals surface area contributed by atoms with Crippen molar-refractivity contribution in [3.8, 4) is 5.75 Å². The van der Waals surface area contributed by atoms with E-state index in [1.165, 1.54) is 17.0 Å². The van der Waals surface area contributed by atoms with Crippen molar-refractivity contribution in [3.63, 3.8) is 0 Å². The van der Waals surface area contributed by atoms with Gasteiger partial charge in [0.2, 0.25) is 5.69 Å². The maximum atomic E-state index is 11.8. The predicted molar refractivity (Wildman–Crippen MR) is 88.7 cm³/mol. The summed E-state index contributed by atoms with van der Waals surface area (Å²) < 4.78 is 0. The molecule has 0 unspecified atom stereocenters. The molecule has 0 saturated carbocycles. The Labute approximate surface area is 145 Å². The second kappa shape index (κ2) is 7.81. The van der Waals surface area contributed by atoms with Crippen LogP contribution in [0, 0.1) is 12.5 Å². The minimum Gasteiger partial charge on any atom is -0.509 e. The van der Waals surface area contributed by atoms with E-state index in [-0.39, 0.29) is 22.4 Å². The van der Waals surface area contributed by atoms with E-state index >= 15 is 0 Å². The van der Waals surface area contributed by atoms with Gasteiger partial charge in [0.25, 0.3) is 5.91 Å². The Balaban J connectivity index is 2.06. The molecule has 1 aromatic carbocycles. The molecule has 0 bridgehead atoms. The lowest BCUT2D eigenvalue weighted by atomic mass is 9.85. The predicted octanol–water partition coefficient (Wildman–Crippen LogP) is 1.19. The highest BCUT2D eigenvalue weighted by Crippen LogP contribution is 2.39. The molecule has 0 aromatic heterocycles. The van der Waals surface area contributed by atoms with Crippen molar-refractivity contribution in [1.82, 2.24) is 4.90 Å². The molecule has 7 nitrogen and oxygen atoms in total. The van der Waals surface area contributed by atoms with E-state index in [2.05, 4.69) is 4.85 Å². The fourth-order valence-electron chi connectivity index (χ4n) is 2.94. The topological polar surface area (TPSA) is 111 Å². The van der Waals surface area contributed by atoms with Gasteiger partial charge in [0.1, 0.15) is 5.75 Å². The van der Waals surface area contributed by atoms with E-state index in [4.69, 9.17) is 29.0 Å². The number of aliphatic hydroxyl groups is 2. The number of carbonyl (C=O) groups excluding carboxylic acids is 1. The van der Waals surface area contributed by atoms with Crippen LogP contribution in [0.2, 0.25) is 5.02 Å². The molecular weight excluding hydrogens is 334 g/mol. The van der Waals surface area contributed by atoms with Crippen LogP contribution in [0.25, 0.3) is 4.85 Å². The molecule has 2 atom stereocenters. The average Bonchev–Trinajstić information content (AvgIpc) is 2.61. The first kappa shape index (κ1) is 18.5. The molecule has 0 radical (unpaired) electrons. The molecule has 24 heavy (non-hydrogen) atoms. The SMILES string of the molecule is [C-]#[N+]c1cc(O)c([C@H](N)C2CCN(C(=O)[C@H](O)CO)CC2)cc1Cl. The van der Waals surface area contributed by atoms with Gasteiger partial charge in [-0.1, -0.05) is 11.6 Å². The summed E-state index contributed by atoms with van der Waals surface area (Å²) in [6.45, 7) is 7.23. The van der Waals surface area contributed by atoms with Gasteiger partial charge in [0.15, 0.2) is 6.10 Å². The van der Waals surface area contributed by atoms with Crippen molar-refractivity contribution >= 4 is 23.2 Å². The zero-order valence-corrected chi connectivity index (χ0v) is 13.8. The van der Waals surface area contributed by atoms with Gasteiger partial charge in [-0.2, -0.15) is 0 Å². The van der Waals surface area contributed by atoms with Crippen molar-refractivity contribution in [1.29, 1.82) is 0 Å². The molecule has 0 aliphatic carbocycles. The van der Waals surface area contributed by atoms with Gasteiger partial charge in [-0.3, -0.25) is 4.79 Å². The maximum Gasteiger partial charge on any atom is 0.253 e. The van der Waals surface area contributed by atoms with Gasteiger partial charge in [0, 0.05) is 29.7 Å². The standard InChI is InChI=1S/C16H20ClN3O4/c1-19-12-7-13(22)10(6-11(12)17)15(18)9-2-4-20(5-3-9)16(24)14(23)8-21/h6-7,9,14-15,21-23H,2-5,8,18H2/t14-,15-/m1/s1. The Kier molecular flexibility index (Phi) is 6.02. The van der Waals surface area contributed by atoms with Crippen LogP contribution in [-0.4, -0.2) is 51.9 Å². The summed E-state index contributed by atoms with van der Waals surface area (Å²) >= 11 is 6.02. The lowest BCUT2D eigenvalue weighted by molar-refractivity contribution is -0.143. The van der Waals surface area contributed by atoms with Crippen LogP contribution in [-0.2, 0) is 4.79 Å². The van der Waals surface area contributed by atoms with Gasteiger partial charge in [-0.25, -0.2) is 4.85 Å².